The van der Waals surface area contributed by atoms with Crippen LogP contribution in [-0.4, -0.2) is 25.9 Å². The second-order valence-corrected chi connectivity index (χ2v) is 4.80. The molecule has 1 unspecified atom stereocenters. The van der Waals surface area contributed by atoms with Crippen LogP contribution in [0.25, 0.3) is 0 Å². The van der Waals surface area contributed by atoms with E-state index in [-0.39, 0.29) is 6.10 Å². The molecule has 0 saturated carbocycles. The van der Waals surface area contributed by atoms with Crippen molar-refractivity contribution in [3.8, 4) is 5.75 Å². The quantitative estimate of drug-likeness (QED) is 0.842. The molecule has 3 heteroatoms. The summed E-state index contributed by atoms with van der Waals surface area (Å²) in [5.41, 5.74) is 6.81. The van der Waals surface area contributed by atoms with Crippen LogP contribution in [0.3, 0.4) is 0 Å². The normalized spacial score (nSPS) is 19.7. The summed E-state index contributed by atoms with van der Waals surface area (Å²) in [6.45, 7) is 2.27. The van der Waals surface area contributed by atoms with Crippen LogP contribution in [0.15, 0.2) is 24.3 Å². The topological polar surface area (TPSA) is 44.5 Å². The lowest BCUT2D eigenvalue weighted by Gasteiger charge is -2.23. The van der Waals surface area contributed by atoms with Crippen LogP contribution in [0.5, 0.6) is 5.75 Å². The maximum atomic E-state index is 5.91. The zero-order chi connectivity index (χ0) is 12.6. The summed E-state index contributed by atoms with van der Waals surface area (Å²) in [6, 6.07) is 8.22. The van der Waals surface area contributed by atoms with E-state index in [1.54, 1.807) is 0 Å². The molecule has 1 atom stereocenters. The first-order valence-electron chi connectivity index (χ1n) is 6.92. The van der Waals surface area contributed by atoms with Crippen molar-refractivity contribution in [3.05, 3.63) is 29.8 Å². The van der Waals surface area contributed by atoms with Crippen molar-refractivity contribution in [1.82, 2.24) is 0 Å². The van der Waals surface area contributed by atoms with Gasteiger partial charge in [0.25, 0.3) is 0 Å². The van der Waals surface area contributed by atoms with Gasteiger partial charge in [0.2, 0.25) is 0 Å². The maximum absolute atomic E-state index is 5.91. The highest BCUT2D eigenvalue weighted by molar-refractivity contribution is 5.33. The van der Waals surface area contributed by atoms with Gasteiger partial charge >= 0.3 is 0 Å². The van der Waals surface area contributed by atoms with E-state index in [0.717, 1.165) is 38.2 Å². The lowest BCUT2D eigenvalue weighted by atomic mass is 10.1. The molecule has 1 aromatic rings. The van der Waals surface area contributed by atoms with Crippen molar-refractivity contribution >= 4 is 0 Å². The Kier molecular flexibility index (Phi) is 5.49. The van der Waals surface area contributed by atoms with E-state index in [0.29, 0.717) is 6.61 Å². The molecule has 0 amide bonds. The first-order chi connectivity index (χ1) is 8.90. The monoisotopic (exact) mass is 249 g/mol. The predicted octanol–water partition coefficient (Wildman–Crippen LogP) is 2.53. The fraction of sp³-hybridized carbons (Fsp3) is 0.600. The molecule has 1 fully saturated rings. The minimum Gasteiger partial charge on any atom is -0.491 e. The van der Waals surface area contributed by atoms with Crippen molar-refractivity contribution in [1.29, 1.82) is 0 Å². The minimum atomic E-state index is 0.265. The fourth-order valence-electron chi connectivity index (χ4n) is 2.27. The summed E-state index contributed by atoms with van der Waals surface area (Å²) >= 11 is 0. The van der Waals surface area contributed by atoms with Gasteiger partial charge in [-0.15, -0.1) is 0 Å². The second kappa shape index (κ2) is 7.39. The smallest absolute Gasteiger partial charge is 0.122 e. The second-order valence-electron chi connectivity index (χ2n) is 4.80. The van der Waals surface area contributed by atoms with E-state index < -0.39 is 0 Å². The number of benzene rings is 1. The Hall–Kier alpha value is -1.06. The van der Waals surface area contributed by atoms with Crippen LogP contribution >= 0.6 is 0 Å². The summed E-state index contributed by atoms with van der Waals surface area (Å²) in [5, 5.41) is 0. The van der Waals surface area contributed by atoms with E-state index in [4.69, 9.17) is 15.2 Å². The Morgan fingerprint density at radius 2 is 2.17 bits per heavy atom. The SMILES string of the molecule is NCCCc1ccccc1OCC1CCCCO1. The average Bonchev–Trinajstić information content (AvgIpc) is 2.45. The highest BCUT2D eigenvalue weighted by Gasteiger charge is 2.15. The number of rotatable bonds is 6. The van der Waals surface area contributed by atoms with E-state index in [1.165, 1.54) is 18.4 Å². The van der Waals surface area contributed by atoms with Crippen molar-refractivity contribution in [3.63, 3.8) is 0 Å². The van der Waals surface area contributed by atoms with E-state index in [2.05, 4.69) is 12.1 Å². The van der Waals surface area contributed by atoms with Gasteiger partial charge in [-0.3, -0.25) is 0 Å². The molecule has 1 saturated heterocycles. The molecule has 2 N–H and O–H groups in total. The van der Waals surface area contributed by atoms with Gasteiger partial charge in [-0.05, 0) is 50.3 Å². The number of hydrogen-bond donors (Lipinski definition) is 1. The molecular weight excluding hydrogens is 226 g/mol. The zero-order valence-electron chi connectivity index (χ0n) is 10.9. The number of hydrogen-bond acceptors (Lipinski definition) is 3. The van der Waals surface area contributed by atoms with Crippen LogP contribution < -0.4 is 10.5 Å². The Balaban J connectivity index is 1.87. The molecule has 1 aromatic carbocycles. The van der Waals surface area contributed by atoms with Gasteiger partial charge in [0.1, 0.15) is 12.4 Å². The Morgan fingerprint density at radius 1 is 1.28 bits per heavy atom. The summed E-state index contributed by atoms with van der Waals surface area (Å²) in [4.78, 5) is 0. The Labute approximate surface area is 109 Å². The highest BCUT2D eigenvalue weighted by atomic mass is 16.5. The fourth-order valence-corrected chi connectivity index (χ4v) is 2.27. The van der Waals surface area contributed by atoms with Crippen LogP contribution in [-0.2, 0) is 11.2 Å². The Morgan fingerprint density at radius 3 is 2.94 bits per heavy atom. The lowest BCUT2D eigenvalue weighted by molar-refractivity contribution is -0.0112. The zero-order valence-corrected chi connectivity index (χ0v) is 10.9. The van der Waals surface area contributed by atoms with Gasteiger partial charge in [-0.2, -0.15) is 0 Å². The minimum absolute atomic E-state index is 0.265. The molecule has 2 rings (SSSR count). The maximum Gasteiger partial charge on any atom is 0.122 e. The standard InChI is InChI=1S/C15H23NO2/c16-10-5-7-13-6-1-2-9-15(13)18-12-14-8-3-4-11-17-14/h1-2,6,9,14H,3-5,7-8,10-12,16H2. The molecule has 3 nitrogen and oxygen atoms in total. The van der Waals surface area contributed by atoms with E-state index in [1.807, 2.05) is 12.1 Å². The van der Waals surface area contributed by atoms with Crippen LogP contribution in [0, 0.1) is 0 Å². The summed E-state index contributed by atoms with van der Waals surface area (Å²) in [6.07, 6.45) is 5.80. The molecule has 0 spiro atoms. The number of aryl methyl sites for hydroxylation is 1. The van der Waals surface area contributed by atoms with Crippen molar-refractivity contribution in [2.24, 2.45) is 5.73 Å². The van der Waals surface area contributed by atoms with Gasteiger partial charge in [0, 0.05) is 6.61 Å². The molecule has 0 aromatic heterocycles. The van der Waals surface area contributed by atoms with Crippen molar-refractivity contribution in [2.75, 3.05) is 19.8 Å². The highest BCUT2D eigenvalue weighted by Crippen LogP contribution is 2.21. The lowest BCUT2D eigenvalue weighted by Crippen LogP contribution is -2.26. The summed E-state index contributed by atoms with van der Waals surface area (Å²) < 4.78 is 11.6. The van der Waals surface area contributed by atoms with E-state index >= 15 is 0 Å². The molecule has 1 aliphatic rings. The van der Waals surface area contributed by atoms with Crippen LogP contribution in [0.2, 0.25) is 0 Å². The number of para-hydroxylation sites is 1. The molecule has 18 heavy (non-hydrogen) atoms. The van der Waals surface area contributed by atoms with Gasteiger partial charge in [-0.25, -0.2) is 0 Å². The largest absolute Gasteiger partial charge is 0.491 e. The first-order valence-corrected chi connectivity index (χ1v) is 6.92. The third kappa shape index (κ3) is 4.00. The third-order valence-corrected chi connectivity index (χ3v) is 3.32. The first kappa shape index (κ1) is 13.4. The van der Waals surface area contributed by atoms with Gasteiger partial charge in [0.15, 0.2) is 0 Å². The molecule has 100 valence electrons. The summed E-state index contributed by atoms with van der Waals surface area (Å²) in [7, 11) is 0. The predicted molar refractivity (Wildman–Crippen MR) is 72.9 cm³/mol. The van der Waals surface area contributed by atoms with Gasteiger partial charge < -0.3 is 15.2 Å². The average molecular weight is 249 g/mol. The molecule has 0 radical (unpaired) electrons. The van der Waals surface area contributed by atoms with Crippen LogP contribution in [0.1, 0.15) is 31.2 Å². The van der Waals surface area contributed by atoms with Crippen molar-refractivity contribution < 1.29 is 9.47 Å². The third-order valence-electron chi connectivity index (χ3n) is 3.32. The van der Waals surface area contributed by atoms with Crippen LogP contribution in [0.4, 0.5) is 0 Å². The number of nitrogens with two attached hydrogens (primary N) is 1. The summed E-state index contributed by atoms with van der Waals surface area (Å²) in [5.74, 6) is 0.986. The number of ether oxygens (including phenoxy) is 2. The molecule has 0 aliphatic carbocycles. The van der Waals surface area contributed by atoms with E-state index in [9.17, 15) is 0 Å². The Bertz CT molecular complexity index is 348. The van der Waals surface area contributed by atoms with Gasteiger partial charge in [0.05, 0.1) is 6.10 Å². The molecule has 1 heterocycles. The molecular formula is C15H23NO2. The van der Waals surface area contributed by atoms with Crippen molar-refractivity contribution in [2.45, 2.75) is 38.2 Å². The molecule has 0 bridgehead atoms. The molecule has 1 aliphatic heterocycles. The van der Waals surface area contributed by atoms with Gasteiger partial charge in [-0.1, -0.05) is 18.2 Å².